The molecule has 2 aliphatic rings. The summed E-state index contributed by atoms with van der Waals surface area (Å²) in [6.45, 7) is 20.6. The van der Waals surface area contributed by atoms with Gasteiger partial charge in [-0.1, -0.05) is 190 Å². The summed E-state index contributed by atoms with van der Waals surface area (Å²) in [7, 11) is 0. The summed E-state index contributed by atoms with van der Waals surface area (Å²) in [5.41, 5.74) is 22.5. The van der Waals surface area contributed by atoms with E-state index in [2.05, 4.69) is 312 Å². The maximum atomic E-state index is 7.15. The van der Waals surface area contributed by atoms with E-state index in [0.717, 1.165) is 73.1 Å². The largest absolute Gasteiger partial charge is 0.454 e. The Hall–Kier alpha value is -9.26. The minimum atomic E-state index is -0.212. The Balaban J connectivity index is 1.11. The summed E-state index contributed by atoms with van der Waals surface area (Å²) in [6.07, 6.45) is 0. The van der Waals surface area contributed by atoms with Crippen LogP contribution < -0.4 is 25.6 Å². The van der Waals surface area contributed by atoms with Crippen LogP contribution in [-0.2, 0) is 16.2 Å². The maximum Gasteiger partial charge on any atom is 0.333 e. The number of anilines is 9. The van der Waals surface area contributed by atoms with Gasteiger partial charge in [0, 0.05) is 83.6 Å². The van der Waals surface area contributed by atoms with Crippen molar-refractivity contribution in [2.24, 2.45) is 0 Å². The van der Waals surface area contributed by atoms with Gasteiger partial charge in [-0.05, 0) is 163 Å². The van der Waals surface area contributed by atoms with Crippen molar-refractivity contribution >= 4 is 123 Å². The standard InChI is InChI=1S/C76H65BN4O/c1-74(2,3)49-32-36-54(37-33-49)79(55-38-34-50(35-39-55)75(4,5)6)57-45-61-62-43-51(76(7,8)9)44-63-70-58-26-17-16-21-48(58)31-42-65(70)81(72(62)63)77-64-41-40-56(78(52-22-12-10-13-23-52)53-24-14-11-15-25-53)46-67(64)80(68(47-57)71(61)77)66-29-20-28-60-59-27-18-19-30-69(59)82-73(60)66/h10-47H,1-9H3. The van der Waals surface area contributed by atoms with Crippen molar-refractivity contribution in [3.8, 4) is 11.1 Å². The van der Waals surface area contributed by atoms with Crippen LogP contribution in [-0.4, -0.2) is 11.3 Å². The summed E-state index contributed by atoms with van der Waals surface area (Å²) < 4.78 is 9.86. The van der Waals surface area contributed by atoms with Crippen molar-refractivity contribution in [1.29, 1.82) is 0 Å². The van der Waals surface area contributed by atoms with Crippen LogP contribution in [0.4, 0.5) is 51.2 Å². The number of hydrogen-bond donors (Lipinski definition) is 0. The highest BCUT2D eigenvalue weighted by Crippen LogP contribution is 2.53. The van der Waals surface area contributed by atoms with Crippen LogP contribution >= 0.6 is 0 Å². The minimum absolute atomic E-state index is 0.0169. The first-order valence-corrected chi connectivity index (χ1v) is 29.0. The monoisotopic (exact) mass is 1060 g/mol. The number of rotatable bonds is 7. The van der Waals surface area contributed by atoms with E-state index in [9.17, 15) is 0 Å². The first kappa shape index (κ1) is 49.8. The Labute approximate surface area is 481 Å². The van der Waals surface area contributed by atoms with E-state index in [1.54, 1.807) is 0 Å². The van der Waals surface area contributed by atoms with Crippen LogP contribution in [0.2, 0.25) is 0 Å². The van der Waals surface area contributed by atoms with Gasteiger partial charge in [0.05, 0.1) is 5.69 Å². The number of benzene rings is 11. The third-order valence-corrected chi connectivity index (χ3v) is 17.6. The lowest BCUT2D eigenvalue weighted by molar-refractivity contribution is 0.590. The molecule has 0 amide bonds. The molecule has 0 fully saturated rings. The van der Waals surface area contributed by atoms with Crippen molar-refractivity contribution in [1.82, 2.24) is 4.48 Å². The highest BCUT2D eigenvalue weighted by Gasteiger charge is 2.45. The fraction of sp³-hybridized carbons (Fsp3) is 0.158. The Morgan fingerprint density at radius 1 is 0.378 bits per heavy atom. The molecule has 0 bridgehead atoms. The minimum Gasteiger partial charge on any atom is -0.454 e. The van der Waals surface area contributed by atoms with Crippen LogP contribution in [0, 0.1) is 0 Å². The molecule has 2 aromatic heterocycles. The van der Waals surface area contributed by atoms with Gasteiger partial charge in [-0.3, -0.25) is 0 Å². The molecule has 0 unspecified atom stereocenters. The molecule has 11 aromatic carbocycles. The van der Waals surface area contributed by atoms with E-state index < -0.39 is 0 Å². The molecule has 398 valence electrons. The summed E-state index contributed by atoms with van der Waals surface area (Å²) in [4.78, 5) is 7.43. The number of hydrogen-bond acceptors (Lipinski definition) is 4. The van der Waals surface area contributed by atoms with E-state index in [-0.39, 0.29) is 23.1 Å². The van der Waals surface area contributed by atoms with Crippen molar-refractivity contribution in [3.63, 3.8) is 0 Å². The van der Waals surface area contributed by atoms with E-state index in [1.165, 1.54) is 71.3 Å². The van der Waals surface area contributed by atoms with Gasteiger partial charge in [-0.2, -0.15) is 0 Å². The first-order valence-electron chi connectivity index (χ1n) is 29.0. The third kappa shape index (κ3) is 7.75. The molecule has 0 N–H and O–H groups in total. The van der Waals surface area contributed by atoms with E-state index in [1.807, 2.05) is 0 Å². The zero-order chi connectivity index (χ0) is 56.0. The predicted molar refractivity (Wildman–Crippen MR) is 350 cm³/mol. The topological polar surface area (TPSA) is 27.8 Å². The molecule has 0 aliphatic carbocycles. The third-order valence-electron chi connectivity index (χ3n) is 17.6. The van der Waals surface area contributed by atoms with Crippen molar-refractivity contribution in [3.05, 3.63) is 247 Å². The van der Waals surface area contributed by atoms with Crippen molar-refractivity contribution in [2.45, 2.75) is 78.6 Å². The summed E-state index contributed by atoms with van der Waals surface area (Å²) in [5, 5.41) is 7.26. The van der Waals surface area contributed by atoms with Gasteiger partial charge < -0.3 is 23.6 Å². The molecule has 2 aliphatic heterocycles. The molecule has 0 spiro atoms. The van der Waals surface area contributed by atoms with E-state index >= 15 is 0 Å². The SMILES string of the molecule is CC(C)(C)c1ccc(N(c2ccc(C(C)(C)C)cc2)c2cc3c4c(c2)N(c2cccc5c2oc2ccccc25)c2cc(N(c5ccccc5)c5ccccc5)ccc2B4n2c4ccc5ccccc5c4c4cc(C(C)(C)C)cc-3c42)cc1. The molecule has 13 aromatic rings. The summed E-state index contributed by atoms with van der Waals surface area (Å²) >= 11 is 0. The van der Waals surface area contributed by atoms with Crippen molar-refractivity contribution in [2.75, 3.05) is 14.7 Å². The molecule has 82 heavy (non-hydrogen) atoms. The Morgan fingerprint density at radius 2 is 0.927 bits per heavy atom. The maximum absolute atomic E-state index is 7.15. The normalized spacial score (nSPS) is 13.1. The van der Waals surface area contributed by atoms with Gasteiger partial charge in [0.2, 0.25) is 0 Å². The van der Waals surface area contributed by atoms with Crippen molar-refractivity contribution < 1.29 is 4.42 Å². The Morgan fingerprint density at radius 3 is 1.57 bits per heavy atom. The van der Waals surface area contributed by atoms with Gasteiger partial charge >= 0.3 is 6.85 Å². The average Bonchev–Trinajstić information content (AvgIpc) is 2.95. The fourth-order valence-electron chi connectivity index (χ4n) is 13.4. The number of aromatic nitrogens is 1. The van der Waals surface area contributed by atoms with Crippen LogP contribution in [0.15, 0.2) is 235 Å². The van der Waals surface area contributed by atoms with E-state index in [0.29, 0.717) is 0 Å². The first-order chi connectivity index (χ1) is 39.6. The lowest BCUT2D eigenvalue weighted by atomic mass is 9.45. The number of fused-ring (bicyclic) bond motifs is 12. The van der Waals surface area contributed by atoms with Gasteiger partial charge in [0.1, 0.15) is 5.58 Å². The zero-order valence-corrected chi connectivity index (χ0v) is 48.2. The van der Waals surface area contributed by atoms with Gasteiger partial charge in [0.25, 0.3) is 0 Å². The molecule has 0 saturated carbocycles. The molecule has 0 atom stereocenters. The molecule has 5 nitrogen and oxygen atoms in total. The molecule has 0 radical (unpaired) electrons. The number of nitrogens with zero attached hydrogens (tertiary/aromatic N) is 4. The highest BCUT2D eigenvalue weighted by atomic mass is 16.3. The molecular formula is C76H65BN4O. The number of furan rings is 1. The Kier molecular flexibility index (Phi) is 11.0. The lowest BCUT2D eigenvalue weighted by Gasteiger charge is -2.42. The molecule has 4 heterocycles. The van der Waals surface area contributed by atoms with Crippen LogP contribution in [0.3, 0.4) is 0 Å². The smallest absolute Gasteiger partial charge is 0.333 e. The van der Waals surface area contributed by atoms with E-state index in [4.69, 9.17) is 4.42 Å². The molecular weight excluding hydrogens is 996 g/mol. The molecule has 6 heteroatoms. The van der Waals surface area contributed by atoms with Crippen LogP contribution in [0.1, 0.15) is 79.0 Å². The predicted octanol–water partition coefficient (Wildman–Crippen LogP) is 20.1. The zero-order valence-electron chi connectivity index (χ0n) is 48.2. The lowest BCUT2D eigenvalue weighted by Crippen LogP contribution is -2.56. The second-order valence-electron chi connectivity index (χ2n) is 25.8. The quantitative estimate of drug-likeness (QED) is 0.149. The second kappa shape index (κ2) is 18.1. The highest BCUT2D eigenvalue weighted by molar-refractivity contribution is 6.90. The van der Waals surface area contributed by atoms with Gasteiger partial charge in [0.15, 0.2) is 5.58 Å². The average molecular weight is 1060 g/mol. The molecule has 0 saturated heterocycles. The summed E-state index contributed by atoms with van der Waals surface area (Å²) in [6, 6.07) is 86.2. The summed E-state index contributed by atoms with van der Waals surface area (Å²) in [5.74, 6) is 0. The Bertz CT molecular complexity index is 4590. The fourth-order valence-corrected chi connectivity index (χ4v) is 13.4. The van der Waals surface area contributed by atoms with Crippen LogP contribution in [0.5, 0.6) is 0 Å². The second-order valence-corrected chi connectivity index (χ2v) is 25.8. The van der Waals surface area contributed by atoms with Gasteiger partial charge in [-0.25, -0.2) is 0 Å². The molecule has 15 rings (SSSR count). The van der Waals surface area contributed by atoms with Crippen LogP contribution in [0.25, 0.3) is 65.6 Å². The van der Waals surface area contributed by atoms with Gasteiger partial charge in [-0.15, -0.1) is 0 Å². The number of para-hydroxylation sites is 4.